The zero-order valence-corrected chi connectivity index (χ0v) is 15.3. The van der Waals surface area contributed by atoms with Crippen molar-refractivity contribution in [2.24, 2.45) is 5.73 Å². The first-order chi connectivity index (χ1) is 11.7. The fourth-order valence-electron chi connectivity index (χ4n) is 2.66. The number of hydrogen-bond acceptors (Lipinski definition) is 2. The summed E-state index contributed by atoms with van der Waals surface area (Å²) in [6.07, 6.45) is 0.378. The lowest BCUT2D eigenvalue weighted by molar-refractivity contribution is -0.119. The Bertz CT molecular complexity index is 758. The SMILES string of the molecule is Cc1cccc(C[C@@H](NC(=O)c2ccc(C(C)(C)C)cc2)C(N)=O)c1. The summed E-state index contributed by atoms with van der Waals surface area (Å²) >= 11 is 0. The van der Waals surface area contributed by atoms with Crippen molar-refractivity contribution in [3.63, 3.8) is 0 Å². The van der Waals surface area contributed by atoms with Crippen molar-refractivity contribution in [3.8, 4) is 0 Å². The van der Waals surface area contributed by atoms with Crippen LogP contribution in [0.3, 0.4) is 0 Å². The lowest BCUT2D eigenvalue weighted by Gasteiger charge is -2.20. The Hall–Kier alpha value is -2.62. The summed E-state index contributed by atoms with van der Waals surface area (Å²) in [4.78, 5) is 24.2. The van der Waals surface area contributed by atoms with Crippen molar-refractivity contribution in [3.05, 3.63) is 70.8 Å². The van der Waals surface area contributed by atoms with Crippen LogP contribution in [0.4, 0.5) is 0 Å². The molecule has 0 saturated carbocycles. The minimum Gasteiger partial charge on any atom is -0.368 e. The molecular formula is C21H26N2O2. The molecule has 132 valence electrons. The third-order valence-electron chi connectivity index (χ3n) is 4.18. The van der Waals surface area contributed by atoms with Gasteiger partial charge in [-0.2, -0.15) is 0 Å². The molecule has 2 amide bonds. The van der Waals surface area contributed by atoms with Crippen molar-refractivity contribution >= 4 is 11.8 Å². The second-order valence-corrected chi connectivity index (χ2v) is 7.45. The highest BCUT2D eigenvalue weighted by Crippen LogP contribution is 2.22. The van der Waals surface area contributed by atoms with E-state index in [1.165, 1.54) is 0 Å². The molecule has 1 atom stereocenters. The molecule has 2 rings (SSSR count). The number of amides is 2. The average molecular weight is 338 g/mol. The lowest BCUT2D eigenvalue weighted by Crippen LogP contribution is -2.45. The van der Waals surface area contributed by atoms with Crippen LogP contribution in [0.15, 0.2) is 48.5 Å². The van der Waals surface area contributed by atoms with Crippen LogP contribution >= 0.6 is 0 Å². The molecule has 0 fully saturated rings. The van der Waals surface area contributed by atoms with Gasteiger partial charge in [-0.3, -0.25) is 9.59 Å². The Morgan fingerprint density at radius 3 is 2.24 bits per heavy atom. The van der Waals surface area contributed by atoms with E-state index in [1.807, 2.05) is 43.3 Å². The Labute approximate surface area is 149 Å². The summed E-state index contributed by atoms with van der Waals surface area (Å²) in [5, 5.41) is 2.75. The summed E-state index contributed by atoms with van der Waals surface area (Å²) in [6.45, 7) is 8.34. The van der Waals surface area contributed by atoms with E-state index in [0.717, 1.165) is 16.7 Å². The summed E-state index contributed by atoms with van der Waals surface area (Å²) in [5.74, 6) is -0.835. The number of benzene rings is 2. The van der Waals surface area contributed by atoms with Gasteiger partial charge in [-0.15, -0.1) is 0 Å². The minimum atomic E-state index is -0.739. The Balaban J connectivity index is 2.11. The summed E-state index contributed by atoms with van der Waals surface area (Å²) < 4.78 is 0. The highest BCUT2D eigenvalue weighted by Gasteiger charge is 2.20. The van der Waals surface area contributed by atoms with Crippen LogP contribution in [0.25, 0.3) is 0 Å². The van der Waals surface area contributed by atoms with Crippen LogP contribution in [0, 0.1) is 6.92 Å². The summed E-state index contributed by atoms with van der Waals surface area (Å²) in [6, 6.07) is 14.5. The predicted molar refractivity (Wildman–Crippen MR) is 100 cm³/mol. The Morgan fingerprint density at radius 2 is 1.72 bits per heavy atom. The first kappa shape index (κ1) is 18.7. The first-order valence-electron chi connectivity index (χ1n) is 8.43. The molecule has 3 N–H and O–H groups in total. The molecule has 0 spiro atoms. The molecular weight excluding hydrogens is 312 g/mol. The molecule has 0 bridgehead atoms. The number of carbonyl (C=O) groups excluding carboxylic acids is 2. The van der Waals surface area contributed by atoms with Crippen LogP contribution < -0.4 is 11.1 Å². The van der Waals surface area contributed by atoms with Crippen LogP contribution in [-0.4, -0.2) is 17.9 Å². The van der Waals surface area contributed by atoms with Gasteiger partial charge in [-0.1, -0.05) is 62.7 Å². The number of carbonyl (C=O) groups is 2. The van der Waals surface area contributed by atoms with Gasteiger partial charge in [0.15, 0.2) is 0 Å². The second kappa shape index (κ2) is 7.51. The quantitative estimate of drug-likeness (QED) is 0.879. The molecule has 4 nitrogen and oxygen atoms in total. The van der Waals surface area contributed by atoms with Crippen molar-refractivity contribution in [2.75, 3.05) is 0 Å². The van der Waals surface area contributed by atoms with Crippen LogP contribution in [-0.2, 0) is 16.6 Å². The van der Waals surface area contributed by atoms with E-state index in [-0.39, 0.29) is 11.3 Å². The normalized spacial score (nSPS) is 12.5. The summed E-state index contributed by atoms with van der Waals surface area (Å²) in [7, 11) is 0. The highest BCUT2D eigenvalue weighted by atomic mass is 16.2. The molecule has 2 aromatic rings. The van der Waals surface area contributed by atoms with Crippen LogP contribution in [0.2, 0.25) is 0 Å². The number of hydrogen-bond donors (Lipinski definition) is 2. The Morgan fingerprint density at radius 1 is 1.08 bits per heavy atom. The van der Waals surface area contributed by atoms with Gasteiger partial charge >= 0.3 is 0 Å². The van der Waals surface area contributed by atoms with Gasteiger partial charge in [0.2, 0.25) is 5.91 Å². The van der Waals surface area contributed by atoms with E-state index in [1.54, 1.807) is 12.1 Å². The number of nitrogens with one attached hydrogen (secondary N) is 1. The van der Waals surface area contributed by atoms with Crippen molar-refractivity contribution < 1.29 is 9.59 Å². The van der Waals surface area contributed by atoms with Gasteiger partial charge in [0.05, 0.1) is 0 Å². The maximum Gasteiger partial charge on any atom is 0.251 e. The van der Waals surface area contributed by atoms with E-state index in [4.69, 9.17) is 5.73 Å². The predicted octanol–water partition coefficient (Wildman–Crippen LogP) is 3.12. The first-order valence-corrected chi connectivity index (χ1v) is 8.43. The fraction of sp³-hybridized carbons (Fsp3) is 0.333. The van der Waals surface area contributed by atoms with Gasteiger partial charge in [0.1, 0.15) is 6.04 Å². The van der Waals surface area contributed by atoms with Gasteiger partial charge in [0.25, 0.3) is 5.91 Å². The third kappa shape index (κ3) is 5.18. The molecule has 2 aromatic carbocycles. The maximum absolute atomic E-state index is 12.5. The second-order valence-electron chi connectivity index (χ2n) is 7.45. The van der Waals surface area contributed by atoms with E-state index >= 15 is 0 Å². The van der Waals surface area contributed by atoms with Crippen molar-refractivity contribution in [1.82, 2.24) is 5.32 Å². The fourth-order valence-corrected chi connectivity index (χ4v) is 2.66. The molecule has 0 radical (unpaired) electrons. The van der Waals surface area contributed by atoms with Crippen molar-refractivity contribution in [2.45, 2.75) is 45.6 Å². The van der Waals surface area contributed by atoms with Gasteiger partial charge < -0.3 is 11.1 Å². The number of aryl methyl sites for hydroxylation is 1. The molecule has 0 aromatic heterocycles. The van der Waals surface area contributed by atoms with E-state index in [2.05, 4.69) is 26.1 Å². The number of rotatable bonds is 5. The monoisotopic (exact) mass is 338 g/mol. The molecule has 0 heterocycles. The Kier molecular flexibility index (Phi) is 5.62. The topological polar surface area (TPSA) is 72.2 Å². The van der Waals surface area contributed by atoms with Gasteiger partial charge in [0, 0.05) is 12.0 Å². The summed E-state index contributed by atoms with van der Waals surface area (Å²) in [5.41, 5.74) is 9.23. The zero-order valence-electron chi connectivity index (χ0n) is 15.3. The van der Waals surface area contributed by atoms with E-state index in [9.17, 15) is 9.59 Å². The lowest BCUT2D eigenvalue weighted by atomic mass is 9.86. The average Bonchev–Trinajstić information content (AvgIpc) is 2.53. The molecule has 25 heavy (non-hydrogen) atoms. The molecule has 4 heteroatoms. The standard InChI is InChI=1S/C21H26N2O2/c1-14-6-5-7-15(12-14)13-18(19(22)24)23-20(25)16-8-10-17(11-9-16)21(2,3)4/h5-12,18H,13H2,1-4H3,(H2,22,24)(H,23,25)/t18-/m1/s1. The molecule has 0 aliphatic carbocycles. The largest absolute Gasteiger partial charge is 0.368 e. The molecule has 0 aliphatic heterocycles. The third-order valence-corrected chi connectivity index (χ3v) is 4.18. The minimum absolute atomic E-state index is 0.0237. The van der Waals surface area contributed by atoms with E-state index < -0.39 is 11.9 Å². The van der Waals surface area contributed by atoms with Gasteiger partial charge in [-0.25, -0.2) is 0 Å². The zero-order chi connectivity index (χ0) is 18.6. The van der Waals surface area contributed by atoms with Gasteiger partial charge in [-0.05, 0) is 35.6 Å². The van der Waals surface area contributed by atoms with Crippen LogP contribution in [0.1, 0.15) is 47.8 Å². The van der Waals surface area contributed by atoms with Crippen LogP contribution in [0.5, 0.6) is 0 Å². The molecule has 0 unspecified atom stereocenters. The molecule has 0 saturated heterocycles. The number of nitrogens with two attached hydrogens (primary N) is 1. The van der Waals surface area contributed by atoms with E-state index in [0.29, 0.717) is 12.0 Å². The molecule has 0 aliphatic rings. The van der Waals surface area contributed by atoms with Crippen molar-refractivity contribution in [1.29, 1.82) is 0 Å². The maximum atomic E-state index is 12.5. The smallest absolute Gasteiger partial charge is 0.251 e. The highest BCUT2D eigenvalue weighted by molar-refractivity contribution is 5.97. The number of primary amides is 1.